The monoisotopic (exact) mass is 289 g/mol. The van der Waals surface area contributed by atoms with Crippen molar-refractivity contribution in [1.82, 2.24) is 0 Å². The van der Waals surface area contributed by atoms with Crippen LogP contribution in [0.5, 0.6) is 0 Å². The standard InChI is InChI=1S/C18H27NO2/c1-11(2)16(17(20)21)19-15-8-7-12(3)9-14(15)13(4)10-18(19,5)6/h7-9,11,13,16H,10H2,1-6H3,(H,20,21)/t13-,16+/m0/s1. The summed E-state index contributed by atoms with van der Waals surface area (Å²) in [4.78, 5) is 14.0. The number of carboxylic acid groups (broad SMARTS) is 1. The summed E-state index contributed by atoms with van der Waals surface area (Å²) in [6.07, 6.45) is 0.972. The van der Waals surface area contributed by atoms with E-state index < -0.39 is 12.0 Å². The Hall–Kier alpha value is -1.51. The number of hydrogen-bond acceptors (Lipinski definition) is 2. The summed E-state index contributed by atoms with van der Waals surface area (Å²) >= 11 is 0. The number of carbonyl (C=O) groups is 1. The van der Waals surface area contributed by atoms with E-state index in [1.165, 1.54) is 11.1 Å². The molecule has 0 aliphatic carbocycles. The number of anilines is 1. The van der Waals surface area contributed by atoms with Gasteiger partial charge in [-0.3, -0.25) is 0 Å². The molecule has 1 aliphatic rings. The number of fused-ring (bicyclic) bond motifs is 1. The highest BCUT2D eigenvalue weighted by Gasteiger charge is 2.43. The predicted molar refractivity (Wildman–Crippen MR) is 87.0 cm³/mol. The van der Waals surface area contributed by atoms with Crippen LogP contribution in [0.25, 0.3) is 0 Å². The van der Waals surface area contributed by atoms with Crippen molar-refractivity contribution in [1.29, 1.82) is 0 Å². The first kappa shape index (κ1) is 15.9. The molecule has 21 heavy (non-hydrogen) atoms. The van der Waals surface area contributed by atoms with Gasteiger partial charge in [-0.1, -0.05) is 38.5 Å². The molecule has 0 fully saturated rings. The summed E-state index contributed by atoms with van der Waals surface area (Å²) < 4.78 is 0. The van der Waals surface area contributed by atoms with E-state index in [4.69, 9.17) is 0 Å². The van der Waals surface area contributed by atoms with Crippen molar-refractivity contribution in [3.05, 3.63) is 29.3 Å². The lowest BCUT2D eigenvalue weighted by Gasteiger charge is -2.51. The highest BCUT2D eigenvalue weighted by molar-refractivity contribution is 5.80. The van der Waals surface area contributed by atoms with Gasteiger partial charge in [-0.15, -0.1) is 0 Å². The molecule has 0 spiro atoms. The normalized spacial score (nSPS) is 22.0. The zero-order valence-electron chi connectivity index (χ0n) is 14.0. The molecule has 0 aromatic heterocycles. The number of hydrogen-bond donors (Lipinski definition) is 1. The van der Waals surface area contributed by atoms with Crippen LogP contribution >= 0.6 is 0 Å². The van der Waals surface area contributed by atoms with Crippen LogP contribution in [0.4, 0.5) is 5.69 Å². The Kier molecular flexibility index (Phi) is 4.05. The van der Waals surface area contributed by atoms with Crippen LogP contribution in [-0.4, -0.2) is 22.7 Å². The molecular formula is C18H27NO2. The maximum Gasteiger partial charge on any atom is 0.326 e. The van der Waals surface area contributed by atoms with Gasteiger partial charge in [0.25, 0.3) is 0 Å². The lowest BCUT2D eigenvalue weighted by atomic mass is 9.77. The second-order valence-electron chi connectivity index (χ2n) is 7.38. The van der Waals surface area contributed by atoms with Crippen molar-refractivity contribution in [2.24, 2.45) is 5.92 Å². The summed E-state index contributed by atoms with van der Waals surface area (Å²) in [5.41, 5.74) is 3.44. The maximum absolute atomic E-state index is 11.8. The Labute approximate surface area is 128 Å². The van der Waals surface area contributed by atoms with E-state index in [1.807, 2.05) is 13.8 Å². The number of carboxylic acids is 1. The molecule has 1 heterocycles. The molecule has 2 rings (SSSR count). The molecule has 0 saturated heterocycles. The first-order valence-corrected chi connectivity index (χ1v) is 7.78. The first-order valence-electron chi connectivity index (χ1n) is 7.78. The van der Waals surface area contributed by atoms with Crippen LogP contribution in [0.15, 0.2) is 18.2 Å². The number of aryl methyl sites for hydroxylation is 1. The van der Waals surface area contributed by atoms with Gasteiger partial charge in [0.1, 0.15) is 6.04 Å². The Morgan fingerprint density at radius 3 is 2.52 bits per heavy atom. The quantitative estimate of drug-likeness (QED) is 0.906. The fourth-order valence-electron chi connectivity index (χ4n) is 3.79. The van der Waals surface area contributed by atoms with Crippen molar-refractivity contribution < 1.29 is 9.90 Å². The average molecular weight is 289 g/mol. The molecule has 0 saturated carbocycles. The summed E-state index contributed by atoms with van der Waals surface area (Å²) in [7, 11) is 0. The number of aliphatic carboxylic acids is 1. The minimum Gasteiger partial charge on any atom is -0.480 e. The van der Waals surface area contributed by atoms with Gasteiger partial charge in [0.2, 0.25) is 0 Å². The van der Waals surface area contributed by atoms with Gasteiger partial charge >= 0.3 is 5.97 Å². The Balaban J connectivity index is 2.62. The van der Waals surface area contributed by atoms with Crippen LogP contribution in [0.2, 0.25) is 0 Å². The number of nitrogens with zero attached hydrogens (tertiary/aromatic N) is 1. The molecule has 2 atom stereocenters. The van der Waals surface area contributed by atoms with E-state index in [-0.39, 0.29) is 11.5 Å². The van der Waals surface area contributed by atoms with E-state index in [0.717, 1.165) is 12.1 Å². The van der Waals surface area contributed by atoms with Crippen molar-refractivity contribution in [2.45, 2.75) is 65.5 Å². The molecule has 1 aliphatic heterocycles. The topological polar surface area (TPSA) is 40.5 Å². The van der Waals surface area contributed by atoms with Gasteiger partial charge in [-0.25, -0.2) is 4.79 Å². The highest BCUT2D eigenvalue weighted by atomic mass is 16.4. The van der Waals surface area contributed by atoms with Crippen LogP contribution in [0.1, 0.15) is 58.1 Å². The predicted octanol–water partition coefficient (Wildman–Crippen LogP) is 4.20. The third-order valence-corrected chi connectivity index (χ3v) is 4.59. The average Bonchev–Trinajstić information content (AvgIpc) is 2.33. The lowest BCUT2D eigenvalue weighted by Crippen LogP contribution is -2.58. The minimum absolute atomic E-state index is 0.0596. The molecule has 3 nitrogen and oxygen atoms in total. The number of rotatable bonds is 3. The van der Waals surface area contributed by atoms with Crippen LogP contribution in [0, 0.1) is 12.8 Å². The second-order valence-corrected chi connectivity index (χ2v) is 7.38. The van der Waals surface area contributed by atoms with Crippen molar-refractivity contribution >= 4 is 11.7 Å². The van der Waals surface area contributed by atoms with Gasteiger partial charge < -0.3 is 10.0 Å². The lowest BCUT2D eigenvalue weighted by molar-refractivity contribution is -0.140. The van der Waals surface area contributed by atoms with E-state index >= 15 is 0 Å². The fourth-order valence-corrected chi connectivity index (χ4v) is 3.79. The zero-order valence-corrected chi connectivity index (χ0v) is 14.0. The largest absolute Gasteiger partial charge is 0.480 e. The molecule has 0 unspecified atom stereocenters. The van der Waals surface area contributed by atoms with Gasteiger partial charge in [0, 0.05) is 11.2 Å². The van der Waals surface area contributed by atoms with E-state index in [0.29, 0.717) is 5.92 Å². The van der Waals surface area contributed by atoms with Gasteiger partial charge in [0.15, 0.2) is 0 Å². The highest BCUT2D eigenvalue weighted by Crippen LogP contribution is 2.45. The molecule has 116 valence electrons. The van der Waals surface area contributed by atoms with Crippen molar-refractivity contribution in [2.75, 3.05) is 4.90 Å². The Morgan fingerprint density at radius 2 is 2.00 bits per heavy atom. The van der Waals surface area contributed by atoms with Gasteiger partial charge in [-0.2, -0.15) is 0 Å². The molecule has 1 aromatic carbocycles. The summed E-state index contributed by atoms with van der Waals surface area (Å²) in [6.45, 7) is 12.6. The molecule has 0 amide bonds. The van der Waals surface area contributed by atoms with Gasteiger partial charge in [-0.05, 0) is 50.7 Å². The summed E-state index contributed by atoms with van der Waals surface area (Å²) in [5, 5.41) is 9.73. The van der Waals surface area contributed by atoms with Crippen LogP contribution in [0.3, 0.4) is 0 Å². The van der Waals surface area contributed by atoms with Gasteiger partial charge in [0.05, 0.1) is 0 Å². The Bertz CT molecular complexity index is 548. The SMILES string of the molecule is Cc1ccc2c(c1)[C@@H](C)CC(C)(C)N2[C@@H](C(=O)O)C(C)C. The van der Waals surface area contributed by atoms with Crippen LogP contribution in [-0.2, 0) is 4.79 Å². The van der Waals surface area contributed by atoms with E-state index in [1.54, 1.807) is 0 Å². The molecule has 0 bridgehead atoms. The minimum atomic E-state index is -0.737. The first-order chi connectivity index (χ1) is 9.65. The van der Waals surface area contributed by atoms with Crippen molar-refractivity contribution in [3.8, 4) is 0 Å². The molecule has 1 aromatic rings. The maximum atomic E-state index is 11.8. The van der Waals surface area contributed by atoms with E-state index in [9.17, 15) is 9.90 Å². The summed E-state index contributed by atoms with van der Waals surface area (Å²) in [6, 6.07) is 5.90. The zero-order chi connectivity index (χ0) is 15.9. The third kappa shape index (κ3) is 2.78. The molecular weight excluding hydrogens is 262 g/mol. The smallest absolute Gasteiger partial charge is 0.326 e. The van der Waals surface area contributed by atoms with E-state index in [2.05, 4.69) is 50.8 Å². The number of benzene rings is 1. The third-order valence-electron chi connectivity index (χ3n) is 4.59. The van der Waals surface area contributed by atoms with Crippen molar-refractivity contribution in [3.63, 3.8) is 0 Å². The Morgan fingerprint density at radius 1 is 1.38 bits per heavy atom. The molecule has 1 N–H and O–H groups in total. The second kappa shape index (κ2) is 5.36. The van der Waals surface area contributed by atoms with Crippen LogP contribution < -0.4 is 4.90 Å². The summed E-state index contributed by atoms with van der Waals surface area (Å²) in [5.74, 6) is -0.226. The fraction of sp³-hybridized carbons (Fsp3) is 0.611. The molecule has 3 heteroatoms. The molecule has 0 radical (unpaired) electrons.